The number of nitrogens with one attached hydrogen (secondary N) is 1. The molecule has 6 heteroatoms. The highest BCUT2D eigenvalue weighted by molar-refractivity contribution is 6.04. The molecule has 2 atom stereocenters. The first kappa shape index (κ1) is 21.2. The summed E-state index contributed by atoms with van der Waals surface area (Å²) in [5.74, 6) is -0.532. The minimum atomic E-state index is -0.612. The number of aryl methyl sites for hydroxylation is 1. The Bertz CT molecular complexity index is 1230. The Kier molecular flexibility index (Phi) is 5.58. The third-order valence-electron chi connectivity index (χ3n) is 6.43. The van der Waals surface area contributed by atoms with E-state index in [0.717, 1.165) is 24.8 Å². The lowest BCUT2D eigenvalue weighted by molar-refractivity contribution is -0.140. The first-order chi connectivity index (χ1) is 16.0. The fourth-order valence-corrected chi connectivity index (χ4v) is 4.79. The Morgan fingerprint density at radius 1 is 1.06 bits per heavy atom. The molecule has 0 saturated carbocycles. The number of carbonyl (C=O) groups excluding carboxylic acids is 2. The number of benzene rings is 3. The molecule has 0 bridgehead atoms. The fraction of sp³-hybridized carbons (Fsp3) is 0.259. The number of carbonyl (C=O) groups is 2. The topological polar surface area (TPSA) is 58.6 Å². The van der Waals surface area contributed by atoms with Crippen molar-refractivity contribution in [3.05, 3.63) is 94.8 Å². The number of halogens is 1. The van der Waals surface area contributed by atoms with Crippen LogP contribution in [0.4, 0.5) is 10.1 Å². The summed E-state index contributed by atoms with van der Waals surface area (Å²) in [5, 5.41) is 2.76. The van der Waals surface area contributed by atoms with Crippen molar-refractivity contribution in [2.75, 3.05) is 5.32 Å². The normalized spacial score (nSPS) is 19.7. The molecule has 1 heterocycles. The maximum atomic E-state index is 14.0. The van der Waals surface area contributed by atoms with Gasteiger partial charge in [0.1, 0.15) is 11.6 Å². The van der Waals surface area contributed by atoms with Gasteiger partial charge in [-0.2, -0.15) is 0 Å². The van der Waals surface area contributed by atoms with Crippen LogP contribution in [0.25, 0.3) is 0 Å². The van der Waals surface area contributed by atoms with Gasteiger partial charge in [-0.25, -0.2) is 4.39 Å². The summed E-state index contributed by atoms with van der Waals surface area (Å²) < 4.78 is 20.0. The number of hydrogen-bond acceptors (Lipinski definition) is 3. The van der Waals surface area contributed by atoms with E-state index in [9.17, 15) is 14.0 Å². The van der Waals surface area contributed by atoms with Crippen molar-refractivity contribution in [3.63, 3.8) is 0 Å². The number of fused-ring (bicyclic) bond motifs is 2. The summed E-state index contributed by atoms with van der Waals surface area (Å²) in [7, 11) is 0. The molecular weight excluding hydrogens is 419 g/mol. The third-order valence-corrected chi connectivity index (χ3v) is 6.43. The summed E-state index contributed by atoms with van der Waals surface area (Å²) in [6.45, 7) is 2.15. The summed E-state index contributed by atoms with van der Waals surface area (Å²) in [4.78, 5) is 27.8. The Morgan fingerprint density at radius 3 is 2.70 bits per heavy atom. The van der Waals surface area contributed by atoms with Crippen LogP contribution < -0.4 is 10.1 Å². The first-order valence-corrected chi connectivity index (χ1v) is 11.2. The molecule has 0 fully saturated rings. The van der Waals surface area contributed by atoms with Gasteiger partial charge in [-0.15, -0.1) is 0 Å². The zero-order valence-electron chi connectivity index (χ0n) is 18.4. The summed E-state index contributed by atoms with van der Waals surface area (Å²) in [5.41, 5.74) is 3.79. The van der Waals surface area contributed by atoms with E-state index in [1.54, 1.807) is 37.3 Å². The molecular formula is C27H25FN2O3. The molecule has 3 aromatic carbocycles. The van der Waals surface area contributed by atoms with Gasteiger partial charge in [0.05, 0.1) is 18.2 Å². The number of rotatable bonds is 3. The van der Waals surface area contributed by atoms with Crippen LogP contribution in [0.3, 0.4) is 0 Å². The molecule has 3 aromatic rings. The molecule has 2 aliphatic rings. The summed E-state index contributed by atoms with van der Waals surface area (Å²) >= 11 is 0. The lowest BCUT2D eigenvalue weighted by Crippen LogP contribution is -2.41. The van der Waals surface area contributed by atoms with Gasteiger partial charge < -0.3 is 15.0 Å². The minimum absolute atomic E-state index is 0.0175. The number of nitrogens with zero attached hydrogens (tertiary/aromatic N) is 1. The highest BCUT2D eigenvalue weighted by atomic mass is 19.1. The van der Waals surface area contributed by atoms with Gasteiger partial charge in [0, 0.05) is 11.3 Å². The molecule has 33 heavy (non-hydrogen) atoms. The number of anilines is 1. The molecule has 1 aliphatic carbocycles. The Labute approximate surface area is 192 Å². The lowest BCUT2D eigenvalue weighted by Gasteiger charge is -2.35. The number of amides is 2. The average Bonchev–Trinajstić information content (AvgIpc) is 2.95. The van der Waals surface area contributed by atoms with Gasteiger partial charge in [-0.3, -0.25) is 9.59 Å². The van der Waals surface area contributed by atoms with Gasteiger partial charge in [-0.1, -0.05) is 36.4 Å². The van der Waals surface area contributed by atoms with Gasteiger partial charge >= 0.3 is 0 Å². The smallest absolute Gasteiger partial charge is 0.264 e. The number of ether oxygens (including phenoxy) is 1. The van der Waals surface area contributed by atoms with Gasteiger partial charge in [0.2, 0.25) is 0 Å². The highest BCUT2D eigenvalue weighted by Gasteiger charge is 2.35. The van der Waals surface area contributed by atoms with Crippen LogP contribution in [0.5, 0.6) is 5.75 Å². The Morgan fingerprint density at radius 2 is 1.85 bits per heavy atom. The average molecular weight is 445 g/mol. The Hall–Kier alpha value is -3.67. The second kappa shape index (κ2) is 8.70. The lowest BCUT2D eigenvalue weighted by atomic mass is 9.86. The van der Waals surface area contributed by atoms with Crippen LogP contribution in [0, 0.1) is 5.82 Å². The molecule has 0 spiro atoms. The van der Waals surface area contributed by atoms with Crippen LogP contribution >= 0.6 is 0 Å². The van der Waals surface area contributed by atoms with Crippen molar-refractivity contribution < 1.29 is 18.7 Å². The second-order valence-electron chi connectivity index (χ2n) is 8.59. The third kappa shape index (κ3) is 4.09. The van der Waals surface area contributed by atoms with Crippen molar-refractivity contribution in [1.82, 2.24) is 4.90 Å². The largest absolute Gasteiger partial charge is 0.481 e. The van der Waals surface area contributed by atoms with Crippen molar-refractivity contribution in [1.29, 1.82) is 0 Å². The molecule has 168 valence electrons. The molecule has 0 saturated heterocycles. The van der Waals surface area contributed by atoms with Crippen LogP contribution in [0.15, 0.2) is 66.7 Å². The van der Waals surface area contributed by atoms with Crippen molar-refractivity contribution >= 4 is 17.5 Å². The van der Waals surface area contributed by atoms with Crippen LogP contribution in [-0.4, -0.2) is 22.8 Å². The molecule has 0 unspecified atom stereocenters. The maximum absolute atomic E-state index is 14.0. The quantitative estimate of drug-likeness (QED) is 0.599. The zero-order chi connectivity index (χ0) is 22.9. The zero-order valence-corrected chi connectivity index (χ0v) is 18.4. The maximum Gasteiger partial charge on any atom is 0.264 e. The van der Waals surface area contributed by atoms with Crippen LogP contribution in [0.2, 0.25) is 0 Å². The predicted molar refractivity (Wildman–Crippen MR) is 124 cm³/mol. The van der Waals surface area contributed by atoms with E-state index in [2.05, 4.69) is 17.4 Å². The van der Waals surface area contributed by atoms with Crippen LogP contribution in [0.1, 0.15) is 52.9 Å². The molecule has 1 N–H and O–H groups in total. The molecule has 0 aromatic heterocycles. The molecule has 5 rings (SSSR count). The van der Waals surface area contributed by atoms with E-state index in [4.69, 9.17) is 4.74 Å². The van der Waals surface area contributed by atoms with Crippen molar-refractivity contribution in [3.8, 4) is 5.75 Å². The van der Waals surface area contributed by atoms with E-state index >= 15 is 0 Å². The fourth-order valence-electron chi connectivity index (χ4n) is 4.79. The van der Waals surface area contributed by atoms with E-state index in [1.165, 1.54) is 23.3 Å². The standard InChI is InChI=1S/C27H25FN2O3/c1-17-27(32)30(24-12-6-8-18-7-2-3-9-21(18)24)16-19-15-20(13-14-25(19)33-17)29-26(31)22-10-4-5-11-23(22)28/h2-5,7,9-11,13-15,17,24H,6,8,12,16H2,1H3,(H,29,31)/t17-,24-/m1/s1. The van der Waals surface area contributed by atoms with Crippen molar-refractivity contribution in [2.45, 2.75) is 44.9 Å². The summed E-state index contributed by atoms with van der Waals surface area (Å²) in [6, 6.07) is 19.4. The van der Waals surface area contributed by atoms with Gasteiger partial charge in [0.25, 0.3) is 11.8 Å². The Balaban J connectivity index is 1.45. The van der Waals surface area contributed by atoms with Crippen molar-refractivity contribution in [2.24, 2.45) is 0 Å². The second-order valence-corrected chi connectivity index (χ2v) is 8.59. The minimum Gasteiger partial charge on any atom is -0.481 e. The number of hydrogen-bond donors (Lipinski definition) is 1. The van der Waals surface area contributed by atoms with Gasteiger partial charge in [0.15, 0.2) is 6.10 Å². The first-order valence-electron chi connectivity index (χ1n) is 11.2. The monoisotopic (exact) mass is 444 g/mol. The van der Waals surface area contributed by atoms with E-state index in [1.807, 2.05) is 17.0 Å². The van der Waals surface area contributed by atoms with E-state index < -0.39 is 17.8 Å². The van der Waals surface area contributed by atoms with E-state index in [-0.39, 0.29) is 17.5 Å². The van der Waals surface area contributed by atoms with E-state index in [0.29, 0.717) is 18.0 Å². The molecule has 0 radical (unpaired) electrons. The van der Waals surface area contributed by atoms with Crippen LogP contribution in [-0.2, 0) is 17.8 Å². The predicted octanol–water partition coefficient (Wildman–Crippen LogP) is 5.27. The molecule has 1 aliphatic heterocycles. The van der Waals surface area contributed by atoms with Gasteiger partial charge in [-0.05, 0) is 67.6 Å². The molecule has 5 nitrogen and oxygen atoms in total. The molecule has 2 amide bonds. The SMILES string of the molecule is C[C@H]1Oc2ccc(NC(=O)c3ccccc3F)cc2CN([C@@H]2CCCc3ccccc32)C1=O. The highest BCUT2D eigenvalue weighted by Crippen LogP contribution is 2.38. The summed E-state index contributed by atoms with van der Waals surface area (Å²) in [6.07, 6.45) is 2.32.